The second-order valence-corrected chi connectivity index (χ2v) is 3.00. The second kappa shape index (κ2) is 4.50. The number of nitrogens with zero attached hydrogens (tertiary/aromatic N) is 2. The first kappa shape index (κ1) is 11.1. The van der Waals surface area contributed by atoms with E-state index in [1.54, 1.807) is 6.92 Å². The van der Waals surface area contributed by atoms with Crippen LogP contribution in [-0.2, 0) is 16.1 Å². The molecule has 0 amide bonds. The minimum absolute atomic E-state index is 0.0438. The van der Waals surface area contributed by atoms with E-state index in [0.717, 1.165) is 0 Å². The Labute approximate surface area is 86.0 Å². The van der Waals surface area contributed by atoms with E-state index in [2.05, 4.69) is 4.98 Å². The molecule has 1 heterocycles. The molecule has 1 rings (SSSR count). The third kappa shape index (κ3) is 3.34. The maximum absolute atomic E-state index is 10.5. The van der Waals surface area contributed by atoms with Gasteiger partial charge in [0.25, 0.3) is 5.69 Å². The van der Waals surface area contributed by atoms with E-state index < -0.39 is 10.9 Å². The zero-order valence-electron chi connectivity index (χ0n) is 8.39. The van der Waals surface area contributed by atoms with Crippen molar-refractivity contribution in [2.24, 2.45) is 0 Å². The number of rotatable bonds is 3. The van der Waals surface area contributed by atoms with Gasteiger partial charge in [-0.15, -0.1) is 0 Å². The van der Waals surface area contributed by atoms with Crippen molar-refractivity contribution >= 4 is 11.7 Å². The number of carbonyl (C=O) groups excluding carboxylic acids is 1. The monoisotopic (exact) mass is 210 g/mol. The number of hydrogen-bond donors (Lipinski definition) is 0. The van der Waals surface area contributed by atoms with Crippen molar-refractivity contribution in [3.8, 4) is 0 Å². The zero-order valence-corrected chi connectivity index (χ0v) is 8.39. The van der Waals surface area contributed by atoms with Gasteiger partial charge in [0.1, 0.15) is 6.61 Å². The van der Waals surface area contributed by atoms with Gasteiger partial charge in [0.05, 0.1) is 10.6 Å². The SMILES string of the molecule is CC(=O)OCc1cc([N+](=O)[O-])cc(C)n1. The molecule has 0 saturated carbocycles. The average Bonchev–Trinajstić information content (AvgIpc) is 2.13. The highest BCUT2D eigenvalue weighted by Gasteiger charge is 2.09. The Morgan fingerprint density at radius 2 is 2.27 bits per heavy atom. The van der Waals surface area contributed by atoms with Gasteiger partial charge in [-0.3, -0.25) is 19.9 Å². The van der Waals surface area contributed by atoms with Gasteiger partial charge in [-0.1, -0.05) is 0 Å². The number of aromatic nitrogens is 1. The predicted octanol–water partition coefficient (Wildman–Crippen LogP) is 1.36. The quantitative estimate of drug-likeness (QED) is 0.427. The van der Waals surface area contributed by atoms with E-state index in [4.69, 9.17) is 4.74 Å². The molecule has 6 nitrogen and oxygen atoms in total. The molecule has 0 saturated heterocycles. The molecule has 1 aromatic rings. The molecule has 1 aromatic heterocycles. The molecule has 0 atom stereocenters. The van der Waals surface area contributed by atoms with Crippen LogP contribution in [0.25, 0.3) is 0 Å². The summed E-state index contributed by atoms with van der Waals surface area (Å²) < 4.78 is 4.69. The minimum Gasteiger partial charge on any atom is -0.459 e. The number of aryl methyl sites for hydroxylation is 1. The van der Waals surface area contributed by atoms with Crippen LogP contribution in [0.15, 0.2) is 12.1 Å². The first-order chi connectivity index (χ1) is 6.99. The molecule has 0 aliphatic heterocycles. The maximum atomic E-state index is 10.5. The number of ether oxygens (including phenoxy) is 1. The van der Waals surface area contributed by atoms with Crippen LogP contribution in [0.3, 0.4) is 0 Å². The first-order valence-corrected chi connectivity index (χ1v) is 4.24. The van der Waals surface area contributed by atoms with Crippen LogP contribution in [0.2, 0.25) is 0 Å². The van der Waals surface area contributed by atoms with Gasteiger partial charge >= 0.3 is 5.97 Å². The second-order valence-electron chi connectivity index (χ2n) is 3.00. The van der Waals surface area contributed by atoms with E-state index in [-0.39, 0.29) is 12.3 Å². The summed E-state index contributed by atoms with van der Waals surface area (Å²) in [6, 6.07) is 2.65. The van der Waals surface area contributed by atoms with Crippen molar-refractivity contribution < 1.29 is 14.5 Å². The van der Waals surface area contributed by atoms with Gasteiger partial charge in [0.15, 0.2) is 0 Å². The van der Waals surface area contributed by atoms with E-state index in [1.807, 2.05) is 0 Å². The van der Waals surface area contributed by atoms with Gasteiger partial charge in [-0.2, -0.15) is 0 Å². The van der Waals surface area contributed by atoms with Crippen molar-refractivity contribution in [3.63, 3.8) is 0 Å². The highest BCUT2D eigenvalue weighted by atomic mass is 16.6. The molecule has 0 aliphatic rings. The van der Waals surface area contributed by atoms with E-state index in [1.165, 1.54) is 19.1 Å². The number of carbonyl (C=O) groups is 1. The lowest BCUT2D eigenvalue weighted by atomic mass is 10.3. The molecule has 0 unspecified atom stereocenters. The van der Waals surface area contributed by atoms with Crippen molar-refractivity contribution in [2.75, 3.05) is 0 Å². The number of hydrogen-bond acceptors (Lipinski definition) is 5. The van der Waals surface area contributed by atoms with Crippen LogP contribution < -0.4 is 0 Å². The Balaban J connectivity index is 2.88. The summed E-state index contributed by atoms with van der Waals surface area (Å²) in [4.78, 5) is 24.5. The van der Waals surface area contributed by atoms with Gasteiger partial charge in [-0.25, -0.2) is 0 Å². The van der Waals surface area contributed by atoms with Gasteiger partial charge in [0, 0.05) is 24.8 Å². The zero-order chi connectivity index (χ0) is 11.4. The number of pyridine rings is 1. The van der Waals surface area contributed by atoms with Gasteiger partial charge < -0.3 is 4.74 Å². The summed E-state index contributed by atoms with van der Waals surface area (Å²) >= 11 is 0. The molecule has 15 heavy (non-hydrogen) atoms. The van der Waals surface area contributed by atoms with E-state index in [0.29, 0.717) is 11.4 Å². The van der Waals surface area contributed by atoms with Crippen LogP contribution >= 0.6 is 0 Å². The highest BCUT2D eigenvalue weighted by Crippen LogP contribution is 2.14. The smallest absolute Gasteiger partial charge is 0.303 e. The van der Waals surface area contributed by atoms with Crippen molar-refractivity contribution in [2.45, 2.75) is 20.5 Å². The Kier molecular flexibility index (Phi) is 3.33. The fourth-order valence-corrected chi connectivity index (χ4v) is 1.07. The predicted molar refractivity (Wildman–Crippen MR) is 51.1 cm³/mol. The van der Waals surface area contributed by atoms with E-state index in [9.17, 15) is 14.9 Å². The normalized spacial score (nSPS) is 9.73. The lowest BCUT2D eigenvalue weighted by molar-refractivity contribution is -0.385. The van der Waals surface area contributed by atoms with Crippen molar-refractivity contribution in [3.05, 3.63) is 33.6 Å². The van der Waals surface area contributed by atoms with Crippen LogP contribution in [0, 0.1) is 17.0 Å². The summed E-state index contributed by atoms with van der Waals surface area (Å²) in [7, 11) is 0. The summed E-state index contributed by atoms with van der Waals surface area (Å²) in [5.41, 5.74) is 0.841. The van der Waals surface area contributed by atoms with Gasteiger partial charge in [-0.05, 0) is 6.92 Å². The van der Waals surface area contributed by atoms with Crippen LogP contribution in [0.4, 0.5) is 5.69 Å². The van der Waals surface area contributed by atoms with Crippen LogP contribution in [0.5, 0.6) is 0 Å². The molecule has 0 fully saturated rings. The van der Waals surface area contributed by atoms with Crippen molar-refractivity contribution in [1.29, 1.82) is 0 Å². The maximum Gasteiger partial charge on any atom is 0.303 e. The van der Waals surface area contributed by atoms with E-state index >= 15 is 0 Å². The first-order valence-electron chi connectivity index (χ1n) is 4.24. The van der Waals surface area contributed by atoms with Gasteiger partial charge in [0.2, 0.25) is 0 Å². The Morgan fingerprint density at radius 3 is 2.80 bits per heavy atom. The molecular weight excluding hydrogens is 200 g/mol. The molecule has 80 valence electrons. The molecule has 0 spiro atoms. The molecule has 0 N–H and O–H groups in total. The fraction of sp³-hybridized carbons (Fsp3) is 0.333. The molecule has 0 radical (unpaired) electrons. The Bertz CT molecular complexity index is 403. The van der Waals surface area contributed by atoms with Crippen LogP contribution in [-0.4, -0.2) is 15.9 Å². The lowest BCUT2D eigenvalue weighted by Gasteiger charge is -2.02. The molecular formula is C9H10N2O4. The average molecular weight is 210 g/mol. The summed E-state index contributed by atoms with van der Waals surface area (Å²) in [6.45, 7) is 2.87. The summed E-state index contributed by atoms with van der Waals surface area (Å²) in [5.74, 6) is -0.444. The third-order valence-corrected chi connectivity index (χ3v) is 1.63. The topological polar surface area (TPSA) is 82.3 Å². The molecule has 0 aromatic carbocycles. The number of nitro groups is 1. The molecule has 0 bridgehead atoms. The summed E-state index contributed by atoms with van der Waals surface area (Å²) in [6.07, 6.45) is 0. The largest absolute Gasteiger partial charge is 0.459 e. The fourth-order valence-electron chi connectivity index (χ4n) is 1.07. The minimum atomic E-state index is -0.508. The highest BCUT2D eigenvalue weighted by molar-refractivity contribution is 5.65. The third-order valence-electron chi connectivity index (χ3n) is 1.63. The lowest BCUT2D eigenvalue weighted by Crippen LogP contribution is -2.02. The molecule has 0 aliphatic carbocycles. The summed E-state index contributed by atoms with van der Waals surface area (Å²) in [5, 5.41) is 10.5. The Hall–Kier alpha value is -1.98. The van der Waals surface area contributed by atoms with Crippen LogP contribution in [0.1, 0.15) is 18.3 Å². The standard InChI is InChI=1S/C9H10N2O4/c1-6-3-9(11(13)14)4-8(10-6)5-15-7(2)12/h3-4H,5H2,1-2H3. The Morgan fingerprint density at radius 1 is 1.60 bits per heavy atom. The molecule has 6 heteroatoms. The van der Waals surface area contributed by atoms with Crippen molar-refractivity contribution in [1.82, 2.24) is 4.98 Å². The number of esters is 1.